The Labute approximate surface area is 91.3 Å². The van der Waals surface area contributed by atoms with Crippen LogP contribution in [0.1, 0.15) is 25.3 Å². The van der Waals surface area contributed by atoms with Crippen LogP contribution in [-0.2, 0) is 6.42 Å². The summed E-state index contributed by atoms with van der Waals surface area (Å²) in [6.45, 7) is 2.33. The molecule has 1 saturated carbocycles. The van der Waals surface area contributed by atoms with E-state index in [1.165, 1.54) is 18.4 Å². The van der Waals surface area contributed by atoms with Gasteiger partial charge in [0.05, 0.1) is 0 Å². The Balaban J connectivity index is 2.06. The highest BCUT2D eigenvalue weighted by Crippen LogP contribution is 2.48. The van der Waals surface area contributed by atoms with Crippen molar-refractivity contribution < 1.29 is 5.11 Å². The quantitative estimate of drug-likeness (QED) is 0.790. The third kappa shape index (κ3) is 2.32. The van der Waals surface area contributed by atoms with Gasteiger partial charge in [-0.15, -0.1) is 0 Å². The summed E-state index contributed by atoms with van der Waals surface area (Å²) in [6, 6.07) is 8.09. The largest absolute Gasteiger partial charge is 0.508 e. The van der Waals surface area contributed by atoms with Gasteiger partial charge in [-0.25, -0.2) is 0 Å². The van der Waals surface area contributed by atoms with Crippen molar-refractivity contribution in [2.75, 3.05) is 7.05 Å². The first-order valence-electron chi connectivity index (χ1n) is 5.59. The number of phenolic OH excluding ortho intramolecular Hbond substituents is 1. The van der Waals surface area contributed by atoms with Crippen LogP contribution in [0.5, 0.6) is 5.75 Å². The Kier molecular flexibility index (Phi) is 2.70. The Morgan fingerprint density at radius 2 is 2.20 bits per heavy atom. The molecule has 1 atom stereocenters. The minimum atomic E-state index is 0.364. The molecule has 15 heavy (non-hydrogen) atoms. The van der Waals surface area contributed by atoms with Crippen molar-refractivity contribution in [3.05, 3.63) is 29.8 Å². The van der Waals surface area contributed by atoms with Crippen LogP contribution in [0.4, 0.5) is 0 Å². The van der Waals surface area contributed by atoms with Gasteiger partial charge in [-0.05, 0) is 49.4 Å². The Morgan fingerprint density at radius 3 is 2.73 bits per heavy atom. The zero-order valence-electron chi connectivity index (χ0n) is 9.46. The van der Waals surface area contributed by atoms with Crippen molar-refractivity contribution in [2.45, 2.75) is 32.2 Å². The topological polar surface area (TPSA) is 32.3 Å². The second-order valence-corrected chi connectivity index (χ2v) is 4.87. The second kappa shape index (κ2) is 3.86. The van der Waals surface area contributed by atoms with Gasteiger partial charge in [0, 0.05) is 6.04 Å². The highest BCUT2D eigenvalue weighted by atomic mass is 16.3. The minimum Gasteiger partial charge on any atom is -0.508 e. The molecule has 2 heteroatoms. The van der Waals surface area contributed by atoms with Gasteiger partial charge in [-0.1, -0.05) is 19.1 Å². The molecule has 1 fully saturated rings. The predicted molar refractivity (Wildman–Crippen MR) is 62.0 cm³/mol. The van der Waals surface area contributed by atoms with Gasteiger partial charge in [0.15, 0.2) is 0 Å². The molecule has 2 nitrogen and oxygen atoms in total. The van der Waals surface area contributed by atoms with E-state index in [0.717, 1.165) is 6.42 Å². The third-order valence-corrected chi connectivity index (χ3v) is 3.58. The molecular formula is C13H19NO. The average molecular weight is 205 g/mol. The molecule has 82 valence electrons. The predicted octanol–water partition coefficient (Wildman–Crippen LogP) is 2.32. The first kappa shape index (κ1) is 10.5. The lowest BCUT2D eigenvalue weighted by atomic mass is 9.92. The van der Waals surface area contributed by atoms with E-state index in [1.54, 1.807) is 6.07 Å². The molecular weight excluding hydrogens is 186 g/mol. The van der Waals surface area contributed by atoms with E-state index in [-0.39, 0.29) is 0 Å². The number of nitrogens with one attached hydrogen (secondary N) is 1. The van der Waals surface area contributed by atoms with E-state index in [9.17, 15) is 5.11 Å². The van der Waals surface area contributed by atoms with Gasteiger partial charge in [-0.3, -0.25) is 0 Å². The fourth-order valence-electron chi connectivity index (χ4n) is 2.16. The van der Waals surface area contributed by atoms with Crippen LogP contribution in [0.25, 0.3) is 0 Å². The lowest BCUT2D eigenvalue weighted by molar-refractivity contribution is 0.375. The molecule has 2 rings (SSSR count). The number of hydrogen-bond acceptors (Lipinski definition) is 2. The van der Waals surface area contributed by atoms with Gasteiger partial charge < -0.3 is 10.4 Å². The molecule has 0 aromatic heterocycles. The summed E-state index contributed by atoms with van der Waals surface area (Å²) < 4.78 is 0. The molecule has 1 aromatic rings. The Bertz CT molecular complexity index is 344. The number of rotatable bonds is 4. The van der Waals surface area contributed by atoms with Gasteiger partial charge in [0.1, 0.15) is 5.75 Å². The Hall–Kier alpha value is -1.02. The zero-order valence-corrected chi connectivity index (χ0v) is 9.46. The molecule has 1 aromatic carbocycles. The molecule has 0 radical (unpaired) electrons. The summed E-state index contributed by atoms with van der Waals surface area (Å²) in [5.41, 5.74) is 1.68. The van der Waals surface area contributed by atoms with Crippen molar-refractivity contribution >= 4 is 0 Å². The van der Waals surface area contributed by atoms with Crippen LogP contribution in [0, 0.1) is 5.41 Å². The summed E-state index contributed by atoms with van der Waals surface area (Å²) in [5.74, 6) is 0.364. The van der Waals surface area contributed by atoms with Gasteiger partial charge >= 0.3 is 0 Å². The van der Waals surface area contributed by atoms with Crippen molar-refractivity contribution in [2.24, 2.45) is 5.41 Å². The first-order valence-corrected chi connectivity index (χ1v) is 5.59. The maximum atomic E-state index is 9.40. The fraction of sp³-hybridized carbons (Fsp3) is 0.538. The molecule has 0 saturated heterocycles. The van der Waals surface area contributed by atoms with Crippen LogP contribution in [0.15, 0.2) is 24.3 Å². The monoisotopic (exact) mass is 205 g/mol. The van der Waals surface area contributed by atoms with Crippen LogP contribution < -0.4 is 5.32 Å². The van der Waals surface area contributed by atoms with Crippen LogP contribution >= 0.6 is 0 Å². The van der Waals surface area contributed by atoms with E-state index >= 15 is 0 Å². The third-order valence-electron chi connectivity index (χ3n) is 3.58. The maximum absolute atomic E-state index is 9.40. The van der Waals surface area contributed by atoms with Crippen LogP contribution in [0.3, 0.4) is 0 Å². The van der Waals surface area contributed by atoms with Crippen LogP contribution in [0.2, 0.25) is 0 Å². The van der Waals surface area contributed by atoms with Gasteiger partial charge in [0.2, 0.25) is 0 Å². The summed E-state index contributed by atoms with van der Waals surface area (Å²) in [4.78, 5) is 0. The highest BCUT2D eigenvalue weighted by molar-refractivity contribution is 5.28. The molecule has 2 N–H and O–H groups in total. The van der Waals surface area contributed by atoms with E-state index < -0.39 is 0 Å². The van der Waals surface area contributed by atoms with E-state index in [0.29, 0.717) is 17.2 Å². The van der Waals surface area contributed by atoms with E-state index in [2.05, 4.69) is 18.3 Å². The van der Waals surface area contributed by atoms with E-state index in [4.69, 9.17) is 0 Å². The number of hydrogen-bond donors (Lipinski definition) is 2. The van der Waals surface area contributed by atoms with Crippen molar-refractivity contribution in [1.82, 2.24) is 5.32 Å². The molecule has 0 amide bonds. The summed E-state index contributed by atoms with van der Waals surface area (Å²) in [5, 5.41) is 12.8. The average Bonchev–Trinajstić information content (AvgIpc) is 2.94. The fourth-order valence-corrected chi connectivity index (χ4v) is 2.16. The summed E-state index contributed by atoms with van der Waals surface area (Å²) in [7, 11) is 2.02. The minimum absolute atomic E-state index is 0.364. The SMILES string of the molecule is CNC(Cc1cccc(O)c1)C1(C)CC1. The van der Waals surface area contributed by atoms with Crippen molar-refractivity contribution in [3.63, 3.8) is 0 Å². The van der Waals surface area contributed by atoms with Gasteiger partial charge in [-0.2, -0.15) is 0 Å². The van der Waals surface area contributed by atoms with Crippen LogP contribution in [-0.4, -0.2) is 18.2 Å². The number of likely N-dealkylation sites (N-methyl/N-ethyl adjacent to an activating group) is 1. The Morgan fingerprint density at radius 1 is 1.47 bits per heavy atom. The molecule has 1 unspecified atom stereocenters. The van der Waals surface area contributed by atoms with Crippen molar-refractivity contribution in [1.29, 1.82) is 0 Å². The zero-order chi connectivity index (χ0) is 10.9. The normalized spacial score (nSPS) is 19.9. The molecule has 1 aliphatic carbocycles. The number of benzene rings is 1. The smallest absolute Gasteiger partial charge is 0.115 e. The maximum Gasteiger partial charge on any atom is 0.115 e. The van der Waals surface area contributed by atoms with E-state index in [1.807, 2.05) is 19.2 Å². The summed E-state index contributed by atoms with van der Waals surface area (Å²) in [6.07, 6.45) is 3.63. The highest BCUT2D eigenvalue weighted by Gasteiger charge is 2.43. The summed E-state index contributed by atoms with van der Waals surface area (Å²) >= 11 is 0. The lowest BCUT2D eigenvalue weighted by Gasteiger charge is -2.23. The first-order chi connectivity index (χ1) is 7.14. The number of aromatic hydroxyl groups is 1. The molecule has 0 spiro atoms. The number of phenols is 1. The second-order valence-electron chi connectivity index (χ2n) is 4.87. The lowest BCUT2D eigenvalue weighted by Crippen LogP contribution is -2.35. The molecule has 1 aliphatic rings. The standard InChI is InChI=1S/C13H19NO/c1-13(6-7-13)12(14-2)9-10-4-3-5-11(15)8-10/h3-5,8,12,14-15H,6-7,9H2,1-2H3. The molecule has 0 heterocycles. The molecule has 0 aliphatic heterocycles. The van der Waals surface area contributed by atoms with Gasteiger partial charge in [0.25, 0.3) is 0 Å². The van der Waals surface area contributed by atoms with Crippen molar-refractivity contribution in [3.8, 4) is 5.75 Å². The molecule has 0 bridgehead atoms.